The van der Waals surface area contributed by atoms with E-state index < -0.39 is 0 Å². The Bertz CT molecular complexity index is 1050. The predicted molar refractivity (Wildman–Crippen MR) is 120 cm³/mol. The minimum atomic E-state index is -0.284. The summed E-state index contributed by atoms with van der Waals surface area (Å²) in [7, 11) is 1.51. The molecule has 0 unspecified atom stereocenters. The first-order valence-corrected chi connectivity index (χ1v) is 10.6. The summed E-state index contributed by atoms with van der Waals surface area (Å²) in [6.45, 7) is 2.17. The number of nitrogens with zero attached hydrogens (tertiary/aromatic N) is 1. The fraction of sp³-hybridized carbons (Fsp3) is 0.227. The van der Waals surface area contributed by atoms with Crippen LogP contribution < -0.4 is 15.4 Å². The Morgan fingerprint density at radius 3 is 2.77 bits per heavy atom. The predicted octanol–water partition coefficient (Wildman–Crippen LogP) is 4.46. The Kier molecular flexibility index (Phi) is 7.43. The molecule has 0 aliphatic heterocycles. The third-order valence-corrected chi connectivity index (χ3v) is 5.72. The van der Waals surface area contributed by atoms with Gasteiger partial charge in [0.25, 0.3) is 5.91 Å². The molecule has 6 nitrogen and oxygen atoms in total. The number of nitrogens with one attached hydrogen (secondary N) is 2. The van der Waals surface area contributed by atoms with E-state index in [1.807, 2.05) is 25.1 Å². The highest BCUT2D eigenvalue weighted by Gasteiger charge is 2.12. The second-order valence-corrected chi connectivity index (χ2v) is 8.17. The van der Waals surface area contributed by atoms with E-state index in [9.17, 15) is 9.59 Å². The smallest absolute Gasteiger partial charge is 0.255 e. The van der Waals surface area contributed by atoms with Crippen molar-refractivity contribution < 1.29 is 14.3 Å². The molecule has 0 fully saturated rings. The molecule has 8 heteroatoms. The first-order valence-electron chi connectivity index (χ1n) is 9.37. The highest BCUT2D eigenvalue weighted by atomic mass is 35.5. The van der Waals surface area contributed by atoms with Gasteiger partial charge < -0.3 is 15.4 Å². The number of hydrogen-bond acceptors (Lipinski definition) is 5. The molecule has 30 heavy (non-hydrogen) atoms. The zero-order valence-electron chi connectivity index (χ0n) is 16.7. The lowest BCUT2D eigenvalue weighted by Gasteiger charge is -2.08. The summed E-state index contributed by atoms with van der Waals surface area (Å²) in [5, 5.41) is 6.77. The van der Waals surface area contributed by atoms with Crippen molar-refractivity contribution in [2.24, 2.45) is 0 Å². The van der Waals surface area contributed by atoms with E-state index in [2.05, 4.69) is 15.6 Å². The van der Waals surface area contributed by atoms with Gasteiger partial charge in [0.2, 0.25) is 5.91 Å². The van der Waals surface area contributed by atoms with E-state index in [1.54, 1.807) is 30.5 Å². The van der Waals surface area contributed by atoms with Crippen LogP contribution in [0.25, 0.3) is 0 Å². The maximum Gasteiger partial charge on any atom is 0.255 e. The number of hydrogen-bond donors (Lipinski definition) is 2. The molecule has 0 atom stereocenters. The maximum atomic E-state index is 12.2. The number of para-hydroxylation sites is 1. The molecule has 1 heterocycles. The third kappa shape index (κ3) is 5.81. The maximum absolute atomic E-state index is 12.2. The number of aromatic nitrogens is 1. The lowest BCUT2D eigenvalue weighted by Crippen LogP contribution is -2.28. The Labute approximate surface area is 184 Å². The van der Waals surface area contributed by atoms with Gasteiger partial charge in [0.05, 0.1) is 12.7 Å². The molecule has 156 valence electrons. The van der Waals surface area contributed by atoms with Crippen LogP contribution >= 0.6 is 22.9 Å². The van der Waals surface area contributed by atoms with Gasteiger partial charge in [-0.05, 0) is 36.2 Å². The molecule has 0 radical (unpaired) electrons. The molecule has 0 saturated heterocycles. The molecule has 0 aliphatic rings. The summed E-state index contributed by atoms with van der Waals surface area (Å²) in [5.74, 6) is -0.00668. The molecule has 2 N–H and O–H groups in total. The zero-order chi connectivity index (χ0) is 21.5. The monoisotopic (exact) mass is 443 g/mol. The zero-order valence-corrected chi connectivity index (χ0v) is 18.3. The number of aryl methyl sites for hydroxylation is 1. The van der Waals surface area contributed by atoms with Gasteiger partial charge in [-0.3, -0.25) is 9.59 Å². The Morgan fingerprint density at radius 1 is 1.20 bits per heavy atom. The molecule has 0 bridgehead atoms. The topological polar surface area (TPSA) is 80.3 Å². The summed E-state index contributed by atoms with van der Waals surface area (Å²) in [4.78, 5) is 29.7. The SMILES string of the molecule is COc1ccccc1C(=O)NCCC(=O)Nc1ncc(Cc2ccc(C)c(Cl)c2)s1. The van der Waals surface area contributed by atoms with E-state index in [-0.39, 0.29) is 24.8 Å². The average molecular weight is 444 g/mol. The van der Waals surface area contributed by atoms with Gasteiger partial charge in [-0.1, -0.05) is 35.9 Å². The van der Waals surface area contributed by atoms with Crippen LogP contribution in [0.4, 0.5) is 5.13 Å². The lowest BCUT2D eigenvalue weighted by atomic mass is 10.1. The van der Waals surface area contributed by atoms with E-state index in [0.29, 0.717) is 22.9 Å². The second kappa shape index (κ2) is 10.2. The number of halogens is 1. The largest absolute Gasteiger partial charge is 0.496 e. The minimum Gasteiger partial charge on any atom is -0.496 e. The fourth-order valence-electron chi connectivity index (χ4n) is 2.79. The molecular formula is C22H22ClN3O3S. The number of methoxy groups -OCH3 is 1. The van der Waals surface area contributed by atoms with Gasteiger partial charge in [0, 0.05) is 35.5 Å². The van der Waals surface area contributed by atoms with Crippen LogP contribution in [0.15, 0.2) is 48.7 Å². The van der Waals surface area contributed by atoms with Gasteiger partial charge in [-0.2, -0.15) is 0 Å². The number of rotatable bonds is 8. The lowest BCUT2D eigenvalue weighted by molar-refractivity contribution is -0.116. The molecule has 0 aliphatic carbocycles. The van der Waals surface area contributed by atoms with Crippen LogP contribution in [0.1, 0.15) is 32.8 Å². The molecule has 2 amide bonds. The van der Waals surface area contributed by atoms with Crippen molar-refractivity contribution in [2.45, 2.75) is 19.8 Å². The van der Waals surface area contributed by atoms with E-state index in [0.717, 1.165) is 21.0 Å². The molecule has 0 saturated carbocycles. The van der Waals surface area contributed by atoms with E-state index in [4.69, 9.17) is 16.3 Å². The van der Waals surface area contributed by atoms with E-state index in [1.165, 1.54) is 18.4 Å². The summed E-state index contributed by atoms with van der Waals surface area (Å²) >= 11 is 7.59. The Morgan fingerprint density at radius 2 is 2.00 bits per heavy atom. The van der Waals surface area contributed by atoms with Crippen LogP contribution in [-0.2, 0) is 11.2 Å². The van der Waals surface area contributed by atoms with E-state index >= 15 is 0 Å². The Hall–Kier alpha value is -2.90. The van der Waals surface area contributed by atoms with Crippen molar-refractivity contribution in [1.82, 2.24) is 10.3 Å². The number of carbonyl (C=O) groups is 2. The van der Waals surface area contributed by atoms with Crippen LogP contribution in [0.5, 0.6) is 5.75 Å². The second-order valence-electron chi connectivity index (χ2n) is 6.65. The number of anilines is 1. The molecule has 0 spiro atoms. The van der Waals surface area contributed by atoms with Gasteiger partial charge in [0.1, 0.15) is 5.75 Å². The molecule has 3 aromatic rings. The first-order chi connectivity index (χ1) is 14.5. The van der Waals surface area contributed by atoms with Crippen molar-refractivity contribution in [1.29, 1.82) is 0 Å². The van der Waals surface area contributed by atoms with Crippen LogP contribution in [0, 0.1) is 6.92 Å². The number of amides is 2. The van der Waals surface area contributed by atoms with Gasteiger partial charge >= 0.3 is 0 Å². The van der Waals surface area contributed by atoms with Crippen molar-refractivity contribution in [2.75, 3.05) is 19.0 Å². The van der Waals surface area contributed by atoms with Gasteiger partial charge in [-0.15, -0.1) is 11.3 Å². The van der Waals surface area contributed by atoms with Crippen molar-refractivity contribution in [3.63, 3.8) is 0 Å². The fourth-order valence-corrected chi connectivity index (χ4v) is 3.86. The first kappa shape index (κ1) is 21.8. The van der Waals surface area contributed by atoms with Crippen molar-refractivity contribution in [3.05, 3.63) is 75.3 Å². The standard InChI is InChI=1S/C22H22ClN3O3S/c1-14-7-8-15(12-18(14)23)11-16-13-25-22(30-16)26-20(27)9-10-24-21(28)17-5-3-4-6-19(17)29-2/h3-8,12-13H,9-11H2,1-2H3,(H,24,28)(H,25,26,27). The number of benzene rings is 2. The normalized spacial score (nSPS) is 10.5. The molecular weight excluding hydrogens is 422 g/mol. The number of carbonyl (C=O) groups excluding carboxylic acids is 2. The summed E-state index contributed by atoms with van der Waals surface area (Å²) in [6.07, 6.45) is 2.59. The summed E-state index contributed by atoms with van der Waals surface area (Å²) < 4.78 is 5.18. The minimum absolute atomic E-state index is 0.142. The van der Waals surface area contributed by atoms with Crippen LogP contribution in [0.3, 0.4) is 0 Å². The van der Waals surface area contributed by atoms with Crippen LogP contribution in [0.2, 0.25) is 5.02 Å². The molecule has 1 aromatic heterocycles. The van der Waals surface area contributed by atoms with Crippen molar-refractivity contribution in [3.8, 4) is 5.75 Å². The number of ether oxygens (including phenoxy) is 1. The average Bonchev–Trinajstić information content (AvgIpc) is 3.17. The molecule has 2 aromatic carbocycles. The van der Waals surface area contributed by atoms with Crippen molar-refractivity contribution >= 4 is 39.9 Å². The summed E-state index contributed by atoms with van der Waals surface area (Å²) in [5.41, 5.74) is 2.56. The van der Waals surface area contributed by atoms with Crippen LogP contribution in [-0.4, -0.2) is 30.5 Å². The third-order valence-electron chi connectivity index (χ3n) is 4.40. The molecule has 3 rings (SSSR count). The Balaban J connectivity index is 1.47. The highest BCUT2D eigenvalue weighted by molar-refractivity contribution is 7.15. The van der Waals surface area contributed by atoms with Gasteiger partial charge in [-0.25, -0.2) is 4.98 Å². The highest BCUT2D eigenvalue weighted by Crippen LogP contribution is 2.24. The quantitative estimate of drug-likeness (QED) is 0.538. The number of thiazole rings is 1. The van der Waals surface area contributed by atoms with Gasteiger partial charge in [0.15, 0.2) is 5.13 Å². The summed E-state index contributed by atoms with van der Waals surface area (Å²) in [6, 6.07) is 12.9.